The molecule has 35 heavy (non-hydrogen) atoms. The zero-order chi connectivity index (χ0) is 24.6. The number of benzene rings is 1. The fraction of sp³-hybridized carbons (Fsp3) is 0.640. The molecule has 2 saturated heterocycles. The van der Waals surface area contributed by atoms with Crippen LogP contribution in [-0.4, -0.2) is 100 Å². The highest BCUT2D eigenvalue weighted by Crippen LogP contribution is 2.62. The molecule has 0 aromatic heterocycles. The Morgan fingerprint density at radius 2 is 2.00 bits per heavy atom. The van der Waals surface area contributed by atoms with Gasteiger partial charge in [0.1, 0.15) is 30.5 Å². The van der Waals surface area contributed by atoms with Crippen LogP contribution in [0.3, 0.4) is 0 Å². The number of aliphatic hydroxyl groups is 3. The van der Waals surface area contributed by atoms with Gasteiger partial charge in [-0.2, -0.15) is 0 Å². The van der Waals surface area contributed by atoms with Crippen LogP contribution in [0, 0.1) is 5.92 Å². The van der Waals surface area contributed by atoms with Crippen LogP contribution in [-0.2, 0) is 26.1 Å². The van der Waals surface area contributed by atoms with E-state index in [4.69, 9.17) is 18.9 Å². The Morgan fingerprint density at radius 1 is 1.20 bits per heavy atom. The van der Waals surface area contributed by atoms with Gasteiger partial charge in [-0.25, -0.2) is 4.79 Å². The Balaban J connectivity index is 1.39. The van der Waals surface area contributed by atoms with Crippen molar-refractivity contribution >= 4 is 5.97 Å². The average Bonchev–Trinajstić information content (AvgIpc) is 3.19. The van der Waals surface area contributed by atoms with E-state index in [2.05, 4.69) is 24.1 Å². The maximum absolute atomic E-state index is 11.6. The van der Waals surface area contributed by atoms with E-state index in [-0.39, 0.29) is 11.3 Å². The van der Waals surface area contributed by atoms with Crippen LogP contribution in [0.25, 0.3) is 0 Å². The van der Waals surface area contributed by atoms with Crippen molar-refractivity contribution in [2.45, 2.75) is 74.1 Å². The number of ether oxygens (including phenoxy) is 4. The second kappa shape index (κ2) is 8.16. The van der Waals surface area contributed by atoms with Gasteiger partial charge in [0.2, 0.25) is 0 Å². The highest BCUT2D eigenvalue weighted by Gasteiger charge is 2.65. The largest absolute Gasteiger partial charge is 0.490 e. The molecule has 10 nitrogen and oxygen atoms in total. The van der Waals surface area contributed by atoms with E-state index >= 15 is 0 Å². The quantitative estimate of drug-likeness (QED) is 0.412. The van der Waals surface area contributed by atoms with Crippen molar-refractivity contribution in [2.24, 2.45) is 5.92 Å². The minimum atomic E-state index is -1.77. The molecule has 3 aliphatic heterocycles. The van der Waals surface area contributed by atoms with Gasteiger partial charge in [-0.15, -0.1) is 0 Å². The first-order chi connectivity index (χ1) is 16.8. The molecule has 0 amide bonds. The van der Waals surface area contributed by atoms with Crippen molar-refractivity contribution in [1.82, 2.24) is 4.90 Å². The Kier molecular flexibility index (Phi) is 5.41. The third-order valence-corrected chi connectivity index (χ3v) is 8.52. The number of carboxylic acids is 1. The number of carboxylic acid groups (broad SMARTS) is 1. The summed E-state index contributed by atoms with van der Waals surface area (Å²) in [6.45, 7) is 3.31. The van der Waals surface area contributed by atoms with Crippen molar-refractivity contribution in [3.05, 3.63) is 35.4 Å². The molecule has 1 spiro atoms. The van der Waals surface area contributed by atoms with Gasteiger partial charge < -0.3 is 44.3 Å². The number of carbonyl (C=O) groups is 1. The minimum absolute atomic E-state index is 0.188. The third-order valence-electron chi connectivity index (χ3n) is 8.52. The van der Waals surface area contributed by atoms with Gasteiger partial charge in [-0.1, -0.05) is 18.2 Å². The summed E-state index contributed by atoms with van der Waals surface area (Å²) in [6, 6.07) is 4.37. The molecule has 5 aliphatic rings. The maximum atomic E-state index is 11.6. The predicted octanol–water partition coefficient (Wildman–Crippen LogP) is -0.192. The van der Waals surface area contributed by atoms with Gasteiger partial charge in [-0.05, 0) is 45.0 Å². The van der Waals surface area contributed by atoms with Crippen LogP contribution < -0.4 is 9.47 Å². The van der Waals surface area contributed by atoms with E-state index in [1.807, 2.05) is 19.1 Å². The fourth-order valence-corrected chi connectivity index (χ4v) is 6.91. The number of rotatable bonds is 5. The van der Waals surface area contributed by atoms with E-state index in [9.17, 15) is 25.2 Å². The van der Waals surface area contributed by atoms with Crippen molar-refractivity contribution < 1.29 is 44.2 Å². The van der Waals surface area contributed by atoms with Crippen molar-refractivity contribution in [3.8, 4) is 11.5 Å². The number of hydrogen-bond donors (Lipinski definition) is 4. The van der Waals surface area contributed by atoms with Crippen LogP contribution >= 0.6 is 0 Å². The normalized spacial score (nSPS) is 43.4. The Labute approximate surface area is 202 Å². The molecular weight excluding hydrogens is 458 g/mol. The molecular formula is C25H31NO9. The van der Waals surface area contributed by atoms with Gasteiger partial charge in [-0.3, -0.25) is 0 Å². The topological polar surface area (TPSA) is 138 Å². The zero-order valence-corrected chi connectivity index (χ0v) is 19.6. The third kappa shape index (κ3) is 3.14. The van der Waals surface area contributed by atoms with E-state index < -0.39 is 48.9 Å². The van der Waals surface area contributed by atoms with Gasteiger partial charge in [0.25, 0.3) is 0 Å². The van der Waals surface area contributed by atoms with Crippen molar-refractivity contribution in [3.63, 3.8) is 0 Å². The summed E-state index contributed by atoms with van der Waals surface area (Å²) in [5.74, 6) is 0.149. The second-order valence-corrected chi connectivity index (χ2v) is 10.2. The molecule has 3 heterocycles. The van der Waals surface area contributed by atoms with Gasteiger partial charge in [0.15, 0.2) is 23.9 Å². The first-order valence-corrected chi connectivity index (χ1v) is 12.2. The molecule has 2 bridgehead atoms. The summed E-state index contributed by atoms with van der Waals surface area (Å²) in [5.41, 5.74) is 2.02. The maximum Gasteiger partial charge on any atom is 0.335 e. The SMILES string of the molecule is CCOc1ccc2c3c1O[C@H]1[C@@H](O[C@@H]4O[C@H](C(=O)O)[C@@H](O)[C@H](O)[C@H]4O)C=C[C@H]4[C@H](C2)N(C)CC[C@@]341. The molecule has 1 aromatic rings. The lowest BCUT2D eigenvalue weighted by Gasteiger charge is -2.57. The molecule has 0 radical (unpaired) electrons. The summed E-state index contributed by atoms with van der Waals surface area (Å²) in [6.07, 6.45) is -3.67. The van der Waals surface area contributed by atoms with Crippen molar-refractivity contribution in [1.29, 1.82) is 0 Å². The standard InChI is InChI=1S/C25H31NO9/c1-3-32-14-6-4-11-10-13-12-5-7-15(22-25(12,8-9-26(13)2)16(11)20(14)34-22)33-24-19(29)17(27)18(28)21(35-24)23(30)31/h4-7,12-13,15,17-19,21-22,24,27-29H,3,8-10H2,1-2H3,(H,30,31)/t12-,13-,15-,17-,18-,19+,21-,22-,24+,25-/m0/s1. The fourth-order valence-electron chi connectivity index (χ4n) is 6.91. The minimum Gasteiger partial charge on any atom is -0.490 e. The first kappa shape index (κ1) is 23.2. The lowest BCUT2D eigenvalue weighted by atomic mass is 9.53. The first-order valence-electron chi connectivity index (χ1n) is 12.2. The van der Waals surface area contributed by atoms with Crippen LogP contribution in [0.2, 0.25) is 0 Å². The molecule has 0 unspecified atom stereocenters. The lowest BCUT2D eigenvalue weighted by Crippen LogP contribution is -2.66. The monoisotopic (exact) mass is 489 g/mol. The molecule has 4 N–H and O–H groups in total. The van der Waals surface area contributed by atoms with E-state index in [0.717, 1.165) is 30.7 Å². The molecule has 10 atom stereocenters. The molecule has 2 aliphatic carbocycles. The summed E-state index contributed by atoms with van der Waals surface area (Å²) >= 11 is 0. The van der Waals surface area contributed by atoms with Crippen LogP contribution in [0.5, 0.6) is 11.5 Å². The number of likely N-dealkylation sites (N-methyl/N-ethyl adjacent to an activating group) is 1. The van der Waals surface area contributed by atoms with Crippen molar-refractivity contribution in [2.75, 3.05) is 20.2 Å². The number of likely N-dealkylation sites (tertiary alicyclic amines) is 1. The molecule has 10 heteroatoms. The Morgan fingerprint density at radius 3 is 2.74 bits per heavy atom. The number of aliphatic carboxylic acids is 1. The number of aliphatic hydroxyl groups excluding tert-OH is 3. The van der Waals surface area contributed by atoms with Crippen LogP contribution in [0.15, 0.2) is 24.3 Å². The summed E-state index contributed by atoms with van der Waals surface area (Å²) < 4.78 is 24.1. The number of piperidine rings is 1. The van der Waals surface area contributed by atoms with E-state index in [0.29, 0.717) is 18.4 Å². The number of hydrogen-bond acceptors (Lipinski definition) is 9. The Bertz CT molecular complexity index is 1060. The number of nitrogens with zero attached hydrogens (tertiary/aromatic N) is 1. The molecule has 190 valence electrons. The molecule has 2 fully saturated rings. The van der Waals surface area contributed by atoms with Crippen LogP contribution in [0.4, 0.5) is 0 Å². The highest BCUT2D eigenvalue weighted by molar-refractivity contribution is 5.73. The molecule has 1 aromatic carbocycles. The summed E-state index contributed by atoms with van der Waals surface area (Å²) in [4.78, 5) is 13.9. The second-order valence-electron chi connectivity index (χ2n) is 10.2. The summed E-state index contributed by atoms with van der Waals surface area (Å²) in [5, 5.41) is 40.2. The smallest absolute Gasteiger partial charge is 0.335 e. The van der Waals surface area contributed by atoms with Gasteiger partial charge in [0.05, 0.1) is 6.61 Å². The van der Waals surface area contributed by atoms with E-state index in [1.165, 1.54) is 5.56 Å². The zero-order valence-electron chi connectivity index (χ0n) is 19.6. The summed E-state index contributed by atoms with van der Waals surface area (Å²) in [7, 11) is 2.14. The molecule has 6 rings (SSSR count). The predicted molar refractivity (Wildman–Crippen MR) is 120 cm³/mol. The van der Waals surface area contributed by atoms with E-state index in [1.54, 1.807) is 0 Å². The Hall–Kier alpha value is -2.21. The average molecular weight is 490 g/mol. The molecule has 0 saturated carbocycles. The van der Waals surface area contributed by atoms with Gasteiger partial charge in [0, 0.05) is 22.9 Å². The van der Waals surface area contributed by atoms with Crippen LogP contribution in [0.1, 0.15) is 24.5 Å². The highest BCUT2D eigenvalue weighted by atomic mass is 16.7. The lowest BCUT2D eigenvalue weighted by molar-refractivity contribution is -0.307. The van der Waals surface area contributed by atoms with Gasteiger partial charge >= 0.3 is 5.97 Å².